The van der Waals surface area contributed by atoms with Crippen molar-refractivity contribution in [2.24, 2.45) is 0 Å². The number of alkyl halides is 1. The van der Waals surface area contributed by atoms with Gasteiger partial charge in [0, 0.05) is 5.69 Å². The minimum atomic E-state index is 0.340. The van der Waals surface area contributed by atoms with E-state index in [2.05, 4.69) is 29.3 Å². The Kier molecular flexibility index (Phi) is 3.36. The predicted molar refractivity (Wildman–Crippen MR) is 79.0 cm³/mol. The van der Waals surface area contributed by atoms with Crippen LogP contribution in [0.4, 0.5) is 0 Å². The van der Waals surface area contributed by atoms with E-state index in [0.29, 0.717) is 5.88 Å². The van der Waals surface area contributed by atoms with E-state index in [9.17, 15) is 0 Å². The highest BCUT2D eigenvalue weighted by Crippen LogP contribution is 2.27. The van der Waals surface area contributed by atoms with Crippen LogP contribution in [-0.4, -0.2) is 14.8 Å². The maximum atomic E-state index is 5.98. The molecule has 0 bridgehead atoms. The third kappa shape index (κ3) is 2.29. The molecule has 0 saturated heterocycles. The van der Waals surface area contributed by atoms with Gasteiger partial charge in [-0.25, -0.2) is 0 Å². The summed E-state index contributed by atoms with van der Waals surface area (Å²) in [6.45, 7) is 2.07. The maximum absolute atomic E-state index is 5.98. The quantitative estimate of drug-likeness (QED) is 0.681. The van der Waals surface area contributed by atoms with Crippen LogP contribution >= 0.6 is 22.9 Å². The van der Waals surface area contributed by atoms with Crippen molar-refractivity contribution in [3.63, 3.8) is 0 Å². The first kappa shape index (κ1) is 12.4. The SMILES string of the molecule is Cc1cccc(-n2c(CCl)nnc2-c2cccs2)c1. The molecule has 2 aromatic heterocycles. The summed E-state index contributed by atoms with van der Waals surface area (Å²) >= 11 is 7.62. The fourth-order valence-corrected chi connectivity index (χ4v) is 2.88. The van der Waals surface area contributed by atoms with Crippen molar-refractivity contribution in [2.45, 2.75) is 12.8 Å². The largest absolute Gasteiger partial charge is 0.277 e. The van der Waals surface area contributed by atoms with E-state index in [0.717, 1.165) is 22.2 Å². The molecule has 2 heterocycles. The average Bonchev–Trinajstić information content (AvgIpc) is 3.07. The number of hydrogen-bond donors (Lipinski definition) is 0. The summed E-state index contributed by atoms with van der Waals surface area (Å²) in [6.07, 6.45) is 0. The molecule has 0 fully saturated rings. The zero-order valence-corrected chi connectivity index (χ0v) is 11.9. The summed E-state index contributed by atoms with van der Waals surface area (Å²) in [7, 11) is 0. The van der Waals surface area contributed by atoms with Crippen molar-refractivity contribution < 1.29 is 0 Å². The molecule has 0 atom stereocenters. The summed E-state index contributed by atoms with van der Waals surface area (Å²) in [5, 5.41) is 10.5. The van der Waals surface area contributed by atoms with Gasteiger partial charge < -0.3 is 0 Å². The molecule has 19 heavy (non-hydrogen) atoms. The van der Waals surface area contributed by atoms with E-state index in [1.807, 2.05) is 34.2 Å². The van der Waals surface area contributed by atoms with Gasteiger partial charge in [-0.05, 0) is 36.1 Å². The molecule has 5 heteroatoms. The van der Waals surface area contributed by atoms with Crippen molar-refractivity contribution in [1.29, 1.82) is 0 Å². The monoisotopic (exact) mass is 289 g/mol. The second kappa shape index (κ2) is 5.15. The molecule has 0 aliphatic heterocycles. The third-order valence-corrected chi connectivity index (χ3v) is 3.96. The zero-order valence-electron chi connectivity index (χ0n) is 10.4. The third-order valence-electron chi connectivity index (χ3n) is 2.85. The van der Waals surface area contributed by atoms with Crippen LogP contribution in [0.5, 0.6) is 0 Å². The number of nitrogens with zero attached hydrogens (tertiary/aromatic N) is 3. The van der Waals surface area contributed by atoms with Crippen molar-refractivity contribution in [3.8, 4) is 16.4 Å². The highest BCUT2D eigenvalue weighted by molar-refractivity contribution is 7.13. The van der Waals surface area contributed by atoms with Crippen LogP contribution in [-0.2, 0) is 5.88 Å². The summed E-state index contributed by atoms with van der Waals surface area (Å²) in [5.41, 5.74) is 2.24. The number of aryl methyl sites for hydroxylation is 1. The Bertz CT molecular complexity index is 689. The standard InChI is InChI=1S/C14H12ClN3S/c1-10-4-2-5-11(8-10)18-13(9-15)16-17-14(18)12-6-3-7-19-12/h2-8H,9H2,1H3. The van der Waals surface area contributed by atoms with Gasteiger partial charge in [-0.2, -0.15) is 0 Å². The molecule has 0 saturated carbocycles. The van der Waals surface area contributed by atoms with E-state index in [1.165, 1.54) is 5.56 Å². The van der Waals surface area contributed by atoms with Gasteiger partial charge >= 0.3 is 0 Å². The topological polar surface area (TPSA) is 30.7 Å². The van der Waals surface area contributed by atoms with Gasteiger partial charge in [-0.15, -0.1) is 33.1 Å². The van der Waals surface area contributed by atoms with E-state index in [4.69, 9.17) is 11.6 Å². The van der Waals surface area contributed by atoms with Crippen LogP contribution in [0.15, 0.2) is 41.8 Å². The van der Waals surface area contributed by atoms with Crippen LogP contribution in [0.3, 0.4) is 0 Å². The Hall–Kier alpha value is -1.65. The van der Waals surface area contributed by atoms with Gasteiger partial charge in [0.1, 0.15) is 0 Å². The normalized spacial score (nSPS) is 10.8. The molecule has 0 aliphatic rings. The van der Waals surface area contributed by atoms with Gasteiger partial charge in [0.2, 0.25) is 0 Å². The lowest BCUT2D eigenvalue weighted by Gasteiger charge is -2.09. The summed E-state index contributed by atoms with van der Waals surface area (Å²) < 4.78 is 2.02. The Morgan fingerprint density at radius 2 is 2.11 bits per heavy atom. The fraction of sp³-hybridized carbons (Fsp3) is 0.143. The minimum Gasteiger partial charge on any atom is -0.277 e. The van der Waals surface area contributed by atoms with Gasteiger partial charge in [0.05, 0.1) is 10.8 Å². The van der Waals surface area contributed by atoms with E-state index in [-0.39, 0.29) is 0 Å². The molecule has 0 unspecified atom stereocenters. The molecular weight excluding hydrogens is 278 g/mol. The molecule has 0 spiro atoms. The number of aromatic nitrogens is 3. The molecule has 0 radical (unpaired) electrons. The lowest BCUT2D eigenvalue weighted by Crippen LogP contribution is -2.01. The Balaban J connectivity index is 2.21. The average molecular weight is 290 g/mol. The first-order chi connectivity index (χ1) is 9.29. The van der Waals surface area contributed by atoms with E-state index in [1.54, 1.807) is 11.3 Å². The van der Waals surface area contributed by atoms with Gasteiger partial charge in [-0.1, -0.05) is 18.2 Å². The van der Waals surface area contributed by atoms with E-state index >= 15 is 0 Å². The highest BCUT2D eigenvalue weighted by Gasteiger charge is 2.15. The number of hydrogen-bond acceptors (Lipinski definition) is 3. The van der Waals surface area contributed by atoms with E-state index < -0.39 is 0 Å². The highest BCUT2D eigenvalue weighted by atomic mass is 35.5. The Morgan fingerprint density at radius 1 is 1.21 bits per heavy atom. The molecule has 96 valence electrons. The van der Waals surface area contributed by atoms with Crippen molar-refractivity contribution in [3.05, 3.63) is 53.2 Å². The molecule has 3 aromatic rings. The minimum absolute atomic E-state index is 0.340. The van der Waals surface area contributed by atoms with Crippen LogP contribution < -0.4 is 0 Å². The molecule has 0 amide bonds. The molecular formula is C14H12ClN3S. The van der Waals surface area contributed by atoms with Crippen LogP contribution in [0.1, 0.15) is 11.4 Å². The molecule has 3 nitrogen and oxygen atoms in total. The zero-order chi connectivity index (χ0) is 13.2. The first-order valence-corrected chi connectivity index (χ1v) is 7.32. The van der Waals surface area contributed by atoms with Crippen LogP contribution in [0, 0.1) is 6.92 Å². The molecule has 1 aromatic carbocycles. The fourth-order valence-electron chi connectivity index (χ4n) is 2.01. The smallest absolute Gasteiger partial charge is 0.178 e. The van der Waals surface area contributed by atoms with Gasteiger partial charge in [0.15, 0.2) is 11.6 Å². The number of benzene rings is 1. The van der Waals surface area contributed by atoms with Crippen LogP contribution in [0.2, 0.25) is 0 Å². The summed E-state index contributed by atoms with van der Waals surface area (Å²) in [4.78, 5) is 1.09. The maximum Gasteiger partial charge on any atom is 0.178 e. The van der Waals surface area contributed by atoms with Gasteiger partial charge in [0.25, 0.3) is 0 Å². The lowest BCUT2D eigenvalue weighted by atomic mass is 10.2. The molecule has 0 N–H and O–H groups in total. The second-order valence-corrected chi connectivity index (χ2v) is 5.44. The Morgan fingerprint density at radius 3 is 2.79 bits per heavy atom. The Labute approximate surface area is 120 Å². The summed E-state index contributed by atoms with van der Waals surface area (Å²) in [5.74, 6) is 1.94. The lowest BCUT2D eigenvalue weighted by molar-refractivity contribution is 0.952. The first-order valence-electron chi connectivity index (χ1n) is 5.91. The summed E-state index contributed by atoms with van der Waals surface area (Å²) in [6, 6.07) is 12.3. The number of rotatable bonds is 3. The van der Waals surface area contributed by atoms with Crippen LogP contribution in [0.25, 0.3) is 16.4 Å². The van der Waals surface area contributed by atoms with Crippen molar-refractivity contribution >= 4 is 22.9 Å². The molecule has 3 rings (SSSR count). The van der Waals surface area contributed by atoms with Gasteiger partial charge in [-0.3, -0.25) is 4.57 Å². The predicted octanol–water partition coefficient (Wildman–Crippen LogP) is 4.04. The van der Waals surface area contributed by atoms with Crippen molar-refractivity contribution in [1.82, 2.24) is 14.8 Å². The second-order valence-electron chi connectivity index (χ2n) is 4.23. The molecule has 0 aliphatic carbocycles. The number of halogens is 1. The van der Waals surface area contributed by atoms with Crippen molar-refractivity contribution in [2.75, 3.05) is 0 Å². The number of thiophene rings is 1.